The van der Waals surface area contributed by atoms with Gasteiger partial charge in [0.25, 0.3) is 0 Å². The molecule has 0 saturated heterocycles. The molecule has 1 atom stereocenters. The van der Waals surface area contributed by atoms with E-state index in [1.54, 1.807) is 0 Å². The van der Waals surface area contributed by atoms with E-state index in [4.69, 9.17) is 4.42 Å². The molecule has 1 unspecified atom stereocenters. The van der Waals surface area contributed by atoms with E-state index in [1.165, 1.54) is 5.56 Å². The number of rotatable bonds is 3. The van der Waals surface area contributed by atoms with Crippen LogP contribution >= 0.6 is 0 Å². The van der Waals surface area contributed by atoms with Crippen LogP contribution in [-0.4, -0.2) is 5.11 Å². The third-order valence-electron chi connectivity index (χ3n) is 2.95. The van der Waals surface area contributed by atoms with Gasteiger partial charge in [-0.05, 0) is 36.1 Å². The van der Waals surface area contributed by atoms with Crippen LogP contribution in [0.3, 0.4) is 0 Å². The highest BCUT2D eigenvalue weighted by atomic mass is 16.4. The summed E-state index contributed by atoms with van der Waals surface area (Å²) in [6.07, 6.45) is -0.676. The second-order valence-electron chi connectivity index (χ2n) is 4.67. The normalized spacial score (nSPS) is 13.0. The van der Waals surface area contributed by atoms with Gasteiger partial charge in [-0.3, -0.25) is 0 Å². The van der Waals surface area contributed by atoms with Gasteiger partial charge < -0.3 is 9.52 Å². The fourth-order valence-corrected chi connectivity index (χ4v) is 1.83. The zero-order chi connectivity index (χ0) is 12.4. The van der Waals surface area contributed by atoms with Gasteiger partial charge in [-0.25, -0.2) is 0 Å². The van der Waals surface area contributed by atoms with Crippen LogP contribution in [0.5, 0.6) is 0 Å². The number of furan rings is 1. The van der Waals surface area contributed by atoms with Gasteiger partial charge in [-0.2, -0.15) is 0 Å². The third kappa shape index (κ3) is 2.59. The molecule has 2 rings (SSSR count). The first-order valence-corrected chi connectivity index (χ1v) is 5.92. The van der Waals surface area contributed by atoms with Crippen molar-refractivity contribution < 1.29 is 9.52 Å². The summed E-state index contributed by atoms with van der Waals surface area (Å²) in [5.41, 5.74) is 2.14. The number of hydrogen-bond donors (Lipinski definition) is 1. The fraction of sp³-hybridized carbons (Fsp3) is 0.333. The molecule has 1 aromatic carbocycles. The largest absolute Gasteiger partial charge is 0.463 e. The number of aliphatic hydroxyl groups is 1. The van der Waals surface area contributed by atoms with Crippen LogP contribution < -0.4 is 0 Å². The van der Waals surface area contributed by atoms with Crippen LogP contribution in [0.1, 0.15) is 48.5 Å². The van der Waals surface area contributed by atoms with Crippen molar-refractivity contribution in [2.75, 3.05) is 0 Å². The standard InChI is InChI=1S/C15H18O2/c1-10(2)12-5-7-13(8-6-12)15(16)14-9-4-11(3)17-14/h4-10,15-16H,1-3H3. The lowest BCUT2D eigenvalue weighted by Crippen LogP contribution is -1.98. The summed E-state index contributed by atoms with van der Waals surface area (Å²) in [5, 5.41) is 10.1. The second-order valence-corrected chi connectivity index (χ2v) is 4.67. The smallest absolute Gasteiger partial charge is 0.137 e. The van der Waals surface area contributed by atoms with Gasteiger partial charge in [0.2, 0.25) is 0 Å². The van der Waals surface area contributed by atoms with Crippen molar-refractivity contribution in [1.29, 1.82) is 0 Å². The Bertz CT molecular complexity index is 480. The molecule has 0 amide bonds. The lowest BCUT2D eigenvalue weighted by Gasteiger charge is -2.10. The van der Waals surface area contributed by atoms with E-state index >= 15 is 0 Å². The van der Waals surface area contributed by atoms with Gasteiger partial charge in [0.05, 0.1) is 0 Å². The molecule has 0 aliphatic rings. The second kappa shape index (κ2) is 4.76. The Morgan fingerprint density at radius 2 is 1.53 bits per heavy atom. The first-order valence-electron chi connectivity index (χ1n) is 5.92. The van der Waals surface area contributed by atoms with Crippen molar-refractivity contribution >= 4 is 0 Å². The van der Waals surface area contributed by atoms with Crippen LogP contribution in [0, 0.1) is 6.92 Å². The monoisotopic (exact) mass is 230 g/mol. The van der Waals surface area contributed by atoms with Crippen molar-refractivity contribution in [1.82, 2.24) is 0 Å². The zero-order valence-electron chi connectivity index (χ0n) is 10.5. The van der Waals surface area contributed by atoms with E-state index in [0.717, 1.165) is 11.3 Å². The molecule has 2 heteroatoms. The maximum atomic E-state index is 10.1. The van der Waals surface area contributed by atoms with Crippen molar-refractivity contribution in [3.05, 3.63) is 59.0 Å². The van der Waals surface area contributed by atoms with Crippen molar-refractivity contribution in [3.63, 3.8) is 0 Å². The molecule has 2 aromatic rings. The molecule has 0 saturated carbocycles. The molecule has 0 bridgehead atoms. The molecular weight excluding hydrogens is 212 g/mol. The Labute approximate surface area is 102 Å². The van der Waals surface area contributed by atoms with E-state index in [0.29, 0.717) is 11.7 Å². The SMILES string of the molecule is Cc1ccc(C(O)c2ccc(C(C)C)cc2)o1. The van der Waals surface area contributed by atoms with Crippen LogP contribution in [0.4, 0.5) is 0 Å². The molecule has 1 heterocycles. The predicted molar refractivity (Wildman–Crippen MR) is 68.0 cm³/mol. The highest BCUT2D eigenvalue weighted by Crippen LogP contribution is 2.25. The lowest BCUT2D eigenvalue weighted by atomic mass is 9.99. The summed E-state index contributed by atoms with van der Waals surface area (Å²) in [6.45, 7) is 6.18. The van der Waals surface area contributed by atoms with Gasteiger partial charge in [0.1, 0.15) is 17.6 Å². The molecular formula is C15H18O2. The fourth-order valence-electron chi connectivity index (χ4n) is 1.83. The average molecular weight is 230 g/mol. The van der Waals surface area contributed by atoms with Crippen LogP contribution in [0.25, 0.3) is 0 Å². The summed E-state index contributed by atoms with van der Waals surface area (Å²) in [7, 11) is 0. The third-order valence-corrected chi connectivity index (χ3v) is 2.95. The van der Waals surface area contributed by atoms with E-state index in [2.05, 4.69) is 26.0 Å². The predicted octanol–water partition coefficient (Wildman–Crippen LogP) is 3.79. The topological polar surface area (TPSA) is 33.4 Å². The van der Waals surface area contributed by atoms with Crippen LogP contribution in [0.2, 0.25) is 0 Å². The summed E-state index contributed by atoms with van der Waals surface area (Å²) >= 11 is 0. The minimum absolute atomic E-state index is 0.507. The van der Waals surface area contributed by atoms with Crippen molar-refractivity contribution in [2.45, 2.75) is 32.8 Å². The molecule has 1 N–H and O–H groups in total. The van der Waals surface area contributed by atoms with E-state index in [-0.39, 0.29) is 0 Å². The highest BCUT2D eigenvalue weighted by molar-refractivity contribution is 5.29. The van der Waals surface area contributed by atoms with E-state index in [9.17, 15) is 5.11 Å². The minimum Gasteiger partial charge on any atom is -0.463 e. The Hall–Kier alpha value is -1.54. The van der Waals surface area contributed by atoms with Crippen LogP contribution in [0.15, 0.2) is 40.8 Å². The van der Waals surface area contributed by atoms with E-state index in [1.807, 2.05) is 31.2 Å². The number of aryl methyl sites for hydroxylation is 1. The first-order chi connectivity index (χ1) is 8.08. The van der Waals surface area contributed by atoms with Gasteiger partial charge in [0.15, 0.2) is 0 Å². The Morgan fingerprint density at radius 3 is 2.00 bits per heavy atom. The van der Waals surface area contributed by atoms with Gasteiger partial charge >= 0.3 is 0 Å². The lowest BCUT2D eigenvalue weighted by molar-refractivity contribution is 0.187. The number of aliphatic hydroxyl groups excluding tert-OH is 1. The maximum absolute atomic E-state index is 10.1. The molecule has 0 aliphatic heterocycles. The van der Waals surface area contributed by atoms with Gasteiger partial charge in [-0.15, -0.1) is 0 Å². The maximum Gasteiger partial charge on any atom is 0.137 e. The molecule has 0 aliphatic carbocycles. The molecule has 2 nitrogen and oxygen atoms in total. The van der Waals surface area contributed by atoms with Crippen LogP contribution in [-0.2, 0) is 0 Å². The molecule has 1 aromatic heterocycles. The molecule has 0 radical (unpaired) electrons. The first kappa shape index (κ1) is 11.9. The van der Waals surface area contributed by atoms with E-state index < -0.39 is 6.10 Å². The number of hydrogen-bond acceptors (Lipinski definition) is 2. The molecule has 17 heavy (non-hydrogen) atoms. The zero-order valence-corrected chi connectivity index (χ0v) is 10.5. The molecule has 0 fully saturated rings. The molecule has 90 valence electrons. The van der Waals surface area contributed by atoms with Crippen molar-refractivity contribution in [3.8, 4) is 0 Å². The van der Waals surface area contributed by atoms with Crippen molar-refractivity contribution in [2.24, 2.45) is 0 Å². The quantitative estimate of drug-likeness (QED) is 0.870. The average Bonchev–Trinajstić information content (AvgIpc) is 2.75. The van der Waals surface area contributed by atoms with Gasteiger partial charge in [0, 0.05) is 0 Å². The Kier molecular flexibility index (Phi) is 3.34. The summed E-state index contributed by atoms with van der Waals surface area (Å²) in [6, 6.07) is 11.7. The number of benzene rings is 1. The Balaban J connectivity index is 2.22. The molecule has 0 spiro atoms. The Morgan fingerprint density at radius 1 is 0.941 bits per heavy atom. The minimum atomic E-state index is -0.676. The summed E-state index contributed by atoms with van der Waals surface area (Å²) in [4.78, 5) is 0. The summed E-state index contributed by atoms with van der Waals surface area (Å²) in [5.74, 6) is 1.92. The summed E-state index contributed by atoms with van der Waals surface area (Å²) < 4.78 is 5.43. The van der Waals surface area contributed by atoms with Gasteiger partial charge in [-0.1, -0.05) is 38.1 Å². The highest BCUT2D eigenvalue weighted by Gasteiger charge is 2.14.